The van der Waals surface area contributed by atoms with Crippen LogP contribution in [0.4, 0.5) is 4.79 Å². The lowest BCUT2D eigenvalue weighted by atomic mass is 10.0. The topological polar surface area (TPSA) is 82.5 Å². The van der Waals surface area contributed by atoms with Gasteiger partial charge in [-0.3, -0.25) is 0 Å². The van der Waals surface area contributed by atoms with Crippen molar-refractivity contribution in [1.29, 1.82) is 0 Å². The minimum absolute atomic E-state index is 0.0452. The Morgan fingerprint density at radius 1 is 1.44 bits per heavy atom. The second-order valence-electron chi connectivity index (χ2n) is 3.96. The van der Waals surface area contributed by atoms with Gasteiger partial charge in [0.15, 0.2) is 5.54 Å². The number of carbonyl (C=O) groups excluding carboxylic acids is 2. The van der Waals surface area contributed by atoms with E-state index in [9.17, 15) is 9.59 Å². The smallest absolute Gasteiger partial charge is 0.406 e. The Morgan fingerprint density at radius 2 is 2.11 bits per heavy atom. The number of nitrogens with one attached hydrogen (secondary N) is 1. The van der Waals surface area contributed by atoms with Gasteiger partial charge in [0, 0.05) is 12.4 Å². The van der Waals surface area contributed by atoms with Gasteiger partial charge >= 0.3 is 12.1 Å². The van der Waals surface area contributed by atoms with Crippen molar-refractivity contribution in [2.75, 3.05) is 20.8 Å². The fourth-order valence-corrected chi connectivity index (χ4v) is 1.69. The normalized spacial score (nSPS) is 13.6. The van der Waals surface area contributed by atoms with Crippen LogP contribution in [0.5, 0.6) is 0 Å². The number of rotatable bonds is 4. The van der Waals surface area contributed by atoms with E-state index < -0.39 is 17.6 Å². The first-order chi connectivity index (χ1) is 8.45. The average molecular weight is 255 g/mol. The van der Waals surface area contributed by atoms with Crippen molar-refractivity contribution in [2.45, 2.75) is 19.4 Å². The molecule has 1 aromatic heterocycles. The van der Waals surface area contributed by atoms with E-state index in [1.54, 1.807) is 30.8 Å². The highest BCUT2D eigenvalue weighted by Crippen LogP contribution is 2.19. The number of methoxy groups -OCH3 is 2. The van der Waals surface area contributed by atoms with E-state index in [0.29, 0.717) is 5.82 Å². The summed E-state index contributed by atoms with van der Waals surface area (Å²) < 4.78 is 10.9. The fourth-order valence-electron chi connectivity index (χ4n) is 1.69. The lowest BCUT2D eigenvalue weighted by Gasteiger charge is -2.29. The van der Waals surface area contributed by atoms with Crippen LogP contribution < -0.4 is 5.32 Å². The first-order valence-electron chi connectivity index (χ1n) is 5.36. The van der Waals surface area contributed by atoms with Crippen LogP contribution in [0.15, 0.2) is 12.4 Å². The predicted octanol–water partition coefficient (Wildman–Crippen LogP) is 0.436. The molecule has 1 rings (SSSR count). The van der Waals surface area contributed by atoms with Gasteiger partial charge in [-0.1, -0.05) is 0 Å². The van der Waals surface area contributed by atoms with Crippen molar-refractivity contribution in [3.63, 3.8) is 0 Å². The maximum Gasteiger partial charge on any atom is 0.406 e. The van der Waals surface area contributed by atoms with E-state index in [-0.39, 0.29) is 6.54 Å². The van der Waals surface area contributed by atoms with Gasteiger partial charge in [-0.25, -0.2) is 14.6 Å². The molecule has 0 aromatic carbocycles. The summed E-state index contributed by atoms with van der Waals surface area (Å²) in [6.07, 6.45) is 2.63. The molecule has 1 N–H and O–H groups in total. The number of ether oxygens (including phenoxy) is 2. The van der Waals surface area contributed by atoms with Gasteiger partial charge in [-0.05, 0) is 13.8 Å². The number of aryl methyl sites for hydroxylation is 1. The maximum atomic E-state index is 11.9. The number of hydrogen-bond donors (Lipinski definition) is 1. The minimum atomic E-state index is -1.07. The number of nitrogens with zero attached hydrogens (tertiary/aromatic N) is 2. The summed E-state index contributed by atoms with van der Waals surface area (Å²) in [4.78, 5) is 27.1. The second kappa shape index (κ2) is 5.52. The molecule has 0 bridgehead atoms. The summed E-state index contributed by atoms with van der Waals surface area (Å²) in [7, 11) is 2.55. The van der Waals surface area contributed by atoms with E-state index in [1.807, 2.05) is 0 Å². The van der Waals surface area contributed by atoms with E-state index >= 15 is 0 Å². The Labute approximate surface area is 105 Å². The molecule has 1 atom stereocenters. The number of alkyl carbamates (subject to hydrolysis) is 1. The van der Waals surface area contributed by atoms with Gasteiger partial charge in [0.1, 0.15) is 5.82 Å². The molecule has 0 spiro atoms. The van der Waals surface area contributed by atoms with Crippen LogP contribution in [0.25, 0.3) is 0 Å². The summed E-state index contributed by atoms with van der Waals surface area (Å²) >= 11 is 0. The molecule has 0 saturated heterocycles. The molecule has 1 aromatic rings. The highest BCUT2D eigenvalue weighted by molar-refractivity contribution is 5.79. The van der Waals surface area contributed by atoms with Crippen LogP contribution in [0.2, 0.25) is 0 Å². The summed E-state index contributed by atoms with van der Waals surface area (Å²) in [6, 6.07) is 0. The molecule has 1 amide bonds. The zero-order valence-electron chi connectivity index (χ0n) is 10.9. The average Bonchev–Trinajstić information content (AvgIpc) is 2.81. The zero-order valence-corrected chi connectivity index (χ0v) is 10.9. The van der Waals surface area contributed by atoms with Crippen molar-refractivity contribution in [2.24, 2.45) is 0 Å². The zero-order chi connectivity index (χ0) is 13.8. The van der Waals surface area contributed by atoms with Gasteiger partial charge in [0.25, 0.3) is 0 Å². The van der Waals surface area contributed by atoms with Crippen molar-refractivity contribution < 1.29 is 19.1 Å². The second-order valence-corrected chi connectivity index (χ2v) is 3.96. The van der Waals surface area contributed by atoms with Crippen LogP contribution in [0.1, 0.15) is 12.7 Å². The highest BCUT2D eigenvalue weighted by Gasteiger charge is 2.37. The Hall–Kier alpha value is -2.05. The van der Waals surface area contributed by atoms with Gasteiger partial charge in [0.05, 0.1) is 20.8 Å². The fraction of sp³-hybridized carbons (Fsp3) is 0.545. The molecular formula is C11H17N3O4. The molecule has 100 valence electrons. The van der Waals surface area contributed by atoms with Crippen molar-refractivity contribution in [3.05, 3.63) is 18.2 Å². The van der Waals surface area contributed by atoms with E-state index in [1.165, 1.54) is 14.2 Å². The quantitative estimate of drug-likeness (QED) is 0.789. The minimum Gasteiger partial charge on any atom is -0.467 e. The molecular weight excluding hydrogens is 238 g/mol. The molecule has 0 unspecified atom stereocenters. The van der Waals surface area contributed by atoms with Gasteiger partial charge < -0.3 is 19.4 Å². The van der Waals surface area contributed by atoms with E-state index in [2.05, 4.69) is 15.0 Å². The number of imidazole rings is 1. The van der Waals surface area contributed by atoms with Crippen LogP contribution in [0, 0.1) is 6.92 Å². The molecule has 0 fully saturated rings. The number of carbonyl (C=O) groups is 2. The van der Waals surface area contributed by atoms with Crippen LogP contribution >= 0.6 is 0 Å². The van der Waals surface area contributed by atoms with Crippen LogP contribution in [0.3, 0.4) is 0 Å². The largest absolute Gasteiger partial charge is 0.467 e. The van der Waals surface area contributed by atoms with Gasteiger partial charge in [-0.15, -0.1) is 0 Å². The predicted molar refractivity (Wildman–Crippen MR) is 63.0 cm³/mol. The standard InChI is InChI=1S/C11H17N3O4/c1-8-12-5-6-14(8)11(2,9(15)17-3)7-13-10(16)18-4/h5-6H,7H2,1-4H3,(H,13,16)/t11-/m0/s1. The molecule has 1 heterocycles. The third-order valence-corrected chi connectivity index (χ3v) is 2.74. The first-order valence-corrected chi connectivity index (χ1v) is 5.36. The number of esters is 1. The molecule has 0 aliphatic carbocycles. The Morgan fingerprint density at radius 3 is 2.56 bits per heavy atom. The molecule has 0 aliphatic rings. The Kier molecular flexibility index (Phi) is 4.30. The van der Waals surface area contributed by atoms with E-state index in [0.717, 1.165) is 0 Å². The molecule has 7 heteroatoms. The molecule has 0 aliphatic heterocycles. The molecule has 0 radical (unpaired) electrons. The van der Waals surface area contributed by atoms with Crippen LogP contribution in [-0.4, -0.2) is 42.4 Å². The highest BCUT2D eigenvalue weighted by atomic mass is 16.5. The third kappa shape index (κ3) is 2.61. The first kappa shape index (κ1) is 14.0. The summed E-state index contributed by atoms with van der Waals surface area (Å²) in [5.74, 6) is 0.176. The monoisotopic (exact) mass is 255 g/mol. The van der Waals surface area contributed by atoms with Crippen LogP contribution in [-0.2, 0) is 19.8 Å². The molecule has 7 nitrogen and oxygen atoms in total. The lowest BCUT2D eigenvalue weighted by Crippen LogP contribution is -2.49. The van der Waals surface area contributed by atoms with Gasteiger partial charge in [-0.2, -0.15) is 0 Å². The number of amides is 1. The van der Waals surface area contributed by atoms with E-state index in [4.69, 9.17) is 4.74 Å². The lowest BCUT2D eigenvalue weighted by molar-refractivity contribution is -0.150. The maximum absolute atomic E-state index is 11.9. The Balaban J connectivity index is 3.00. The Bertz CT molecular complexity index is 443. The molecule has 18 heavy (non-hydrogen) atoms. The van der Waals surface area contributed by atoms with Crippen molar-refractivity contribution in [1.82, 2.24) is 14.9 Å². The molecule has 0 saturated carbocycles. The SMILES string of the molecule is COC(=O)NC[C@@](C)(C(=O)OC)n1ccnc1C. The summed E-state index contributed by atoms with van der Waals surface area (Å²) in [5, 5.41) is 2.49. The van der Waals surface area contributed by atoms with Crippen molar-refractivity contribution >= 4 is 12.1 Å². The van der Waals surface area contributed by atoms with Gasteiger partial charge in [0.2, 0.25) is 0 Å². The van der Waals surface area contributed by atoms with Crippen molar-refractivity contribution in [3.8, 4) is 0 Å². The summed E-state index contributed by atoms with van der Waals surface area (Å²) in [5.41, 5.74) is -1.07. The third-order valence-electron chi connectivity index (χ3n) is 2.74. The number of hydrogen-bond acceptors (Lipinski definition) is 5. The number of aromatic nitrogens is 2. The summed E-state index contributed by atoms with van der Waals surface area (Å²) in [6.45, 7) is 3.46.